The Bertz CT molecular complexity index is 480. The highest BCUT2D eigenvalue weighted by Crippen LogP contribution is 2.16. The molecule has 0 spiro atoms. The van der Waals surface area contributed by atoms with Gasteiger partial charge in [0.2, 0.25) is 0 Å². The van der Waals surface area contributed by atoms with E-state index in [2.05, 4.69) is 10.6 Å². The molecule has 0 aromatic heterocycles. The summed E-state index contributed by atoms with van der Waals surface area (Å²) < 4.78 is 26.1. The van der Waals surface area contributed by atoms with E-state index in [4.69, 9.17) is 5.11 Å². The lowest BCUT2D eigenvalue weighted by Crippen LogP contribution is -2.31. The molecule has 0 aliphatic heterocycles. The molecule has 1 aromatic rings. The number of carbonyl (C=O) groups is 2. The summed E-state index contributed by atoms with van der Waals surface area (Å²) in [6, 6.07) is 2.70. The van der Waals surface area contributed by atoms with E-state index in [-0.39, 0.29) is 18.7 Å². The zero-order valence-corrected chi connectivity index (χ0v) is 10.2. The number of carboxylic acid groups (broad SMARTS) is 1. The predicted molar refractivity (Wildman–Crippen MR) is 64.8 cm³/mol. The molecule has 1 atom stereocenters. The minimum atomic E-state index is -1.14. The van der Waals surface area contributed by atoms with Gasteiger partial charge in [-0.1, -0.05) is 13.0 Å². The van der Waals surface area contributed by atoms with Crippen LogP contribution in [0.2, 0.25) is 0 Å². The van der Waals surface area contributed by atoms with Crippen LogP contribution in [0.25, 0.3) is 0 Å². The Hall–Kier alpha value is -2.18. The fraction of sp³-hybridized carbons (Fsp3) is 0.333. The van der Waals surface area contributed by atoms with Crippen molar-refractivity contribution < 1.29 is 23.5 Å². The number of hydrogen-bond acceptors (Lipinski definition) is 2. The molecule has 2 amide bonds. The molecule has 0 aliphatic carbocycles. The zero-order chi connectivity index (χ0) is 14.4. The normalized spacial score (nSPS) is 11.7. The van der Waals surface area contributed by atoms with Gasteiger partial charge in [-0.25, -0.2) is 13.6 Å². The Balaban J connectivity index is 2.43. The van der Waals surface area contributed by atoms with Crippen LogP contribution in [-0.4, -0.2) is 23.7 Å². The summed E-state index contributed by atoms with van der Waals surface area (Å²) in [4.78, 5) is 21.9. The lowest BCUT2D eigenvalue weighted by Gasteiger charge is -2.10. The van der Waals surface area contributed by atoms with Gasteiger partial charge in [-0.15, -0.1) is 0 Å². The number of benzene rings is 1. The molecule has 0 fully saturated rings. The second-order valence-corrected chi connectivity index (χ2v) is 4.01. The Kier molecular flexibility index (Phi) is 5.23. The Morgan fingerprint density at radius 1 is 1.37 bits per heavy atom. The van der Waals surface area contributed by atoms with Gasteiger partial charge < -0.3 is 15.7 Å². The molecule has 19 heavy (non-hydrogen) atoms. The van der Waals surface area contributed by atoms with E-state index in [0.29, 0.717) is 0 Å². The molecule has 1 aromatic carbocycles. The van der Waals surface area contributed by atoms with Crippen molar-refractivity contribution in [2.45, 2.75) is 13.3 Å². The zero-order valence-electron chi connectivity index (χ0n) is 10.2. The highest BCUT2D eigenvalue weighted by atomic mass is 19.2. The van der Waals surface area contributed by atoms with Crippen LogP contribution in [0.5, 0.6) is 0 Å². The summed E-state index contributed by atoms with van der Waals surface area (Å²) in [5.74, 6) is -3.75. The van der Waals surface area contributed by atoms with Crippen molar-refractivity contribution in [1.29, 1.82) is 0 Å². The van der Waals surface area contributed by atoms with Gasteiger partial charge in [0, 0.05) is 6.54 Å². The number of rotatable bonds is 5. The standard InChI is InChI=1S/C12H14F2N2O3/c1-7(11(17)18)5-6-15-12(19)16-9-4-2-3-8(13)10(9)14/h2-4,7H,5-6H2,1H3,(H,17,18)(H2,15,16,19). The van der Waals surface area contributed by atoms with Crippen LogP contribution in [0.4, 0.5) is 19.3 Å². The van der Waals surface area contributed by atoms with Crippen LogP contribution in [0.15, 0.2) is 18.2 Å². The number of nitrogens with one attached hydrogen (secondary N) is 2. The number of anilines is 1. The lowest BCUT2D eigenvalue weighted by molar-refractivity contribution is -0.141. The van der Waals surface area contributed by atoms with Crippen molar-refractivity contribution >= 4 is 17.7 Å². The highest BCUT2D eigenvalue weighted by Gasteiger charge is 2.12. The summed E-state index contributed by atoms with van der Waals surface area (Å²) in [5, 5.41) is 13.1. The molecule has 0 radical (unpaired) electrons. The molecule has 0 saturated heterocycles. The fourth-order valence-corrected chi connectivity index (χ4v) is 1.29. The van der Waals surface area contributed by atoms with Gasteiger partial charge in [-0.3, -0.25) is 4.79 Å². The first kappa shape index (κ1) is 14.9. The minimum absolute atomic E-state index is 0.121. The second-order valence-electron chi connectivity index (χ2n) is 4.01. The smallest absolute Gasteiger partial charge is 0.319 e. The monoisotopic (exact) mass is 272 g/mol. The van der Waals surface area contributed by atoms with Crippen LogP contribution in [-0.2, 0) is 4.79 Å². The third kappa shape index (κ3) is 4.53. The molecule has 7 heteroatoms. The van der Waals surface area contributed by atoms with E-state index in [0.717, 1.165) is 6.07 Å². The van der Waals surface area contributed by atoms with Gasteiger partial charge in [0.25, 0.3) is 0 Å². The maximum absolute atomic E-state index is 13.2. The number of carboxylic acids is 1. The molecule has 1 rings (SSSR count). The number of hydrogen-bond donors (Lipinski definition) is 3. The number of urea groups is 1. The minimum Gasteiger partial charge on any atom is -0.481 e. The quantitative estimate of drug-likeness (QED) is 0.768. The van der Waals surface area contributed by atoms with Crippen molar-refractivity contribution in [3.63, 3.8) is 0 Å². The lowest BCUT2D eigenvalue weighted by atomic mass is 10.1. The first-order valence-electron chi connectivity index (χ1n) is 5.63. The predicted octanol–water partition coefficient (Wildman–Crippen LogP) is 2.20. The molecule has 0 saturated carbocycles. The summed E-state index contributed by atoms with van der Waals surface area (Å²) in [5.41, 5.74) is -0.274. The van der Waals surface area contributed by atoms with E-state index in [1.165, 1.54) is 19.1 Å². The van der Waals surface area contributed by atoms with Gasteiger partial charge in [0.1, 0.15) is 0 Å². The SMILES string of the molecule is CC(CCNC(=O)Nc1cccc(F)c1F)C(=O)O. The van der Waals surface area contributed by atoms with Crippen molar-refractivity contribution in [2.24, 2.45) is 5.92 Å². The van der Waals surface area contributed by atoms with E-state index in [9.17, 15) is 18.4 Å². The average molecular weight is 272 g/mol. The summed E-state index contributed by atoms with van der Waals surface area (Å²) in [6.45, 7) is 1.63. The van der Waals surface area contributed by atoms with Crippen molar-refractivity contribution in [2.75, 3.05) is 11.9 Å². The molecule has 0 bridgehead atoms. The van der Waals surface area contributed by atoms with Gasteiger partial charge in [0.05, 0.1) is 11.6 Å². The van der Waals surface area contributed by atoms with E-state index < -0.39 is 29.6 Å². The summed E-state index contributed by atoms with van der Waals surface area (Å²) in [6.07, 6.45) is 0.244. The van der Waals surface area contributed by atoms with Crippen molar-refractivity contribution in [1.82, 2.24) is 5.32 Å². The van der Waals surface area contributed by atoms with Crippen LogP contribution < -0.4 is 10.6 Å². The van der Waals surface area contributed by atoms with E-state index >= 15 is 0 Å². The molecular weight excluding hydrogens is 258 g/mol. The first-order valence-corrected chi connectivity index (χ1v) is 5.63. The number of carbonyl (C=O) groups excluding carboxylic acids is 1. The third-order valence-electron chi connectivity index (χ3n) is 2.48. The Labute approximate surface area is 108 Å². The molecular formula is C12H14F2N2O3. The second kappa shape index (κ2) is 6.67. The van der Waals surface area contributed by atoms with Crippen molar-refractivity contribution in [3.8, 4) is 0 Å². The fourth-order valence-electron chi connectivity index (χ4n) is 1.29. The average Bonchev–Trinajstić information content (AvgIpc) is 2.34. The van der Waals surface area contributed by atoms with Gasteiger partial charge in [0.15, 0.2) is 11.6 Å². The summed E-state index contributed by atoms with van der Waals surface area (Å²) >= 11 is 0. The Morgan fingerprint density at radius 2 is 2.05 bits per heavy atom. The van der Waals surface area contributed by atoms with Crippen LogP contribution in [0.1, 0.15) is 13.3 Å². The number of amides is 2. The number of aliphatic carboxylic acids is 1. The first-order chi connectivity index (χ1) is 8.91. The van der Waals surface area contributed by atoms with Crippen LogP contribution in [0.3, 0.4) is 0 Å². The molecule has 104 valence electrons. The summed E-state index contributed by atoms with van der Waals surface area (Å²) in [7, 11) is 0. The molecule has 0 heterocycles. The topological polar surface area (TPSA) is 78.4 Å². The van der Waals surface area contributed by atoms with Gasteiger partial charge in [-0.05, 0) is 18.6 Å². The van der Waals surface area contributed by atoms with Crippen LogP contribution >= 0.6 is 0 Å². The van der Waals surface area contributed by atoms with E-state index in [1.54, 1.807) is 0 Å². The van der Waals surface area contributed by atoms with Gasteiger partial charge in [-0.2, -0.15) is 0 Å². The molecule has 0 aliphatic rings. The van der Waals surface area contributed by atoms with Gasteiger partial charge >= 0.3 is 12.0 Å². The number of halogens is 2. The largest absolute Gasteiger partial charge is 0.481 e. The highest BCUT2D eigenvalue weighted by molar-refractivity contribution is 5.89. The maximum Gasteiger partial charge on any atom is 0.319 e. The molecule has 5 nitrogen and oxygen atoms in total. The van der Waals surface area contributed by atoms with Crippen molar-refractivity contribution in [3.05, 3.63) is 29.8 Å². The molecule has 3 N–H and O–H groups in total. The van der Waals surface area contributed by atoms with E-state index in [1.807, 2.05) is 0 Å². The molecule has 1 unspecified atom stereocenters. The maximum atomic E-state index is 13.2. The third-order valence-corrected chi connectivity index (χ3v) is 2.48. The van der Waals surface area contributed by atoms with Crippen LogP contribution in [0, 0.1) is 17.6 Å². The Morgan fingerprint density at radius 3 is 2.68 bits per heavy atom.